The minimum Gasteiger partial charge on any atom is -0.466 e. The van der Waals surface area contributed by atoms with E-state index in [1.54, 1.807) is 0 Å². The second-order valence-electron chi connectivity index (χ2n) is 17.9. The molecule has 0 atom stereocenters. The van der Waals surface area contributed by atoms with Gasteiger partial charge in [-0.1, -0.05) is 303 Å². The van der Waals surface area contributed by atoms with Crippen molar-refractivity contribution in [3.8, 4) is 0 Å². The Kier molecular flexibility index (Phi) is 50.0. The van der Waals surface area contributed by atoms with Gasteiger partial charge in [-0.3, -0.25) is 4.79 Å². The molecule has 0 spiro atoms. The predicted molar refractivity (Wildman–Crippen MR) is 244 cm³/mol. The Morgan fingerprint density at radius 2 is 0.407 bits per heavy atom. The van der Waals surface area contributed by atoms with E-state index in [1.807, 2.05) is 0 Å². The molecular weight excluding hydrogens is 657 g/mol. The molecule has 0 fully saturated rings. The molecule has 0 saturated carbocycles. The van der Waals surface area contributed by atoms with Crippen molar-refractivity contribution in [2.24, 2.45) is 0 Å². The van der Waals surface area contributed by atoms with E-state index in [2.05, 4.69) is 13.8 Å². The summed E-state index contributed by atoms with van der Waals surface area (Å²) in [4.78, 5) is 12.1. The standard InChI is InChI=1S/C52H104O2/c1-3-5-7-9-11-13-15-17-19-21-23-25-26-27-28-29-30-32-34-36-38-40-42-44-46-48-50-52(53)54-51-49-47-45-43-41-39-37-35-33-31-24-22-20-18-16-14-12-10-8-6-4-2/h3-51H2,1-2H3. The van der Waals surface area contributed by atoms with Gasteiger partial charge in [0.25, 0.3) is 0 Å². The third-order valence-corrected chi connectivity index (χ3v) is 12.2. The summed E-state index contributed by atoms with van der Waals surface area (Å²) in [6.07, 6.45) is 66.8. The molecule has 0 radical (unpaired) electrons. The van der Waals surface area contributed by atoms with E-state index in [-0.39, 0.29) is 5.97 Å². The van der Waals surface area contributed by atoms with Gasteiger partial charge in [0.05, 0.1) is 6.61 Å². The van der Waals surface area contributed by atoms with Gasteiger partial charge >= 0.3 is 5.97 Å². The Hall–Kier alpha value is -0.530. The van der Waals surface area contributed by atoms with E-state index >= 15 is 0 Å². The molecule has 0 rings (SSSR count). The number of hydrogen-bond donors (Lipinski definition) is 0. The molecule has 0 heterocycles. The lowest BCUT2D eigenvalue weighted by molar-refractivity contribution is -0.143. The van der Waals surface area contributed by atoms with Crippen LogP contribution in [0.1, 0.15) is 322 Å². The van der Waals surface area contributed by atoms with Crippen LogP contribution in [0.5, 0.6) is 0 Å². The molecule has 2 nitrogen and oxygen atoms in total. The van der Waals surface area contributed by atoms with E-state index in [1.165, 1.54) is 289 Å². The molecule has 0 aliphatic rings. The van der Waals surface area contributed by atoms with Crippen LogP contribution in [0, 0.1) is 0 Å². The normalized spacial score (nSPS) is 11.5. The largest absolute Gasteiger partial charge is 0.466 e. The Balaban J connectivity index is 3.14. The maximum Gasteiger partial charge on any atom is 0.305 e. The number of ether oxygens (including phenoxy) is 1. The van der Waals surface area contributed by atoms with Gasteiger partial charge in [0.2, 0.25) is 0 Å². The summed E-state index contributed by atoms with van der Waals surface area (Å²) in [7, 11) is 0. The molecule has 0 amide bonds. The molecule has 0 aromatic heterocycles. The van der Waals surface area contributed by atoms with Crippen LogP contribution < -0.4 is 0 Å². The van der Waals surface area contributed by atoms with Crippen LogP contribution in [0.15, 0.2) is 0 Å². The third-order valence-electron chi connectivity index (χ3n) is 12.2. The highest BCUT2D eigenvalue weighted by Gasteiger charge is 2.03. The predicted octanol–water partition coefficient (Wildman–Crippen LogP) is 19.3. The minimum absolute atomic E-state index is 0.0347. The monoisotopic (exact) mass is 761 g/mol. The molecule has 0 aromatic rings. The molecule has 0 saturated heterocycles. The number of hydrogen-bond acceptors (Lipinski definition) is 2. The second-order valence-corrected chi connectivity index (χ2v) is 17.9. The lowest BCUT2D eigenvalue weighted by Gasteiger charge is -2.06. The van der Waals surface area contributed by atoms with E-state index < -0.39 is 0 Å². The SMILES string of the molecule is CCCCCCCCCCCCCCCCCCCCCCCCCCCCC(=O)OCCCCCCCCCCCCCCCCCCCCCCC. The summed E-state index contributed by atoms with van der Waals surface area (Å²) in [5.41, 5.74) is 0. The average molecular weight is 761 g/mol. The lowest BCUT2D eigenvalue weighted by atomic mass is 10.0. The van der Waals surface area contributed by atoms with Gasteiger partial charge < -0.3 is 4.74 Å². The maximum absolute atomic E-state index is 12.1. The van der Waals surface area contributed by atoms with Crippen molar-refractivity contribution in [2.75, 3.05) is 6.61 Å². The zero-order valence-electron chi connectivity index (χ0n) is 38.0. The number of unbranched alkanes of at least 4 members (excludes halogenated alkanes) is 45. The molecule has 0 aliphatic heterocycles. The van der Waals surface area contributed by atoms with Gasteiger partial charge in [-0.15, -0.1) is 0 Å². The fourth-order valence-electron chi connectivity index (χ4n) is 8.38. The second kappa shape index (κ2) is 50.5. The zero-order chi connectivity index (χ0) is 38.9. The number of rotatable bonds is 49. The van der Waals surface area contributed by atoms with Crippen molar-refractivity contribution < 1.29 is 9.53 Å². The van der Waals surface area contributed by atoms with Crippen LogP contribution in [0.4, 0.5) is 0 Å². The first-order valence-corrected chi connectivity index (χ1v) is 26.0. The van der Waals surface area contributed by atoms with Crippen LogP contribution in [-0.2, 0) is 9.53 Å². The topological polar surface area (TPSA) is 26.3 Å². The average Bonchev–Trinajstić information content (AvgIpc) is 3.18. The summed E-state index contributed by atoms with van der Waals surface area (Å²) < 4.78 is 5.50. The summed E-state index contributed by atoms with van der Waals surface area (Å²) in [5.74, 6) is 0.0347. The van der Waals surface area contributed by atoms with Crippen LogP contribution in [0.3, 0.4) is 0 Å². The molecule has 324 valence electrons. The van der Waals surface area contributed by atoms with Crippen LogP contribution >= 0.6 is 0 Å². The van der Waals surface area contributed by atoms with Gasteiger partial charge in [0.15, 0.2) is 0 Å². The fourth-order valence-corrected chi connectivity index (χ4v) is 8.38. The highest BCUT2D eigenvalue weighted by molar-refractivity contribution is 5.69. The van der Waals surface area contributed by atoms with Gasteiger partial charge in [0.1, 0.15) is 0 Å². The highest BCUT2D eigenvalue weighted by Crippen LogP contribution is 2.18. The third kappa shape index (κ3) is 49.5. The number of carbonyl (C=O) groups is 1. The van der Waals surface area contributed by atoms with E-state index in [0.29, 0.717) is 13.0 Å². The number of carbonyl (C=O) groups excluding carboxylic acids is 1. The Morgan fingerprint density at radius 1 is 0.241 bits per heavy atom. The molecule has 2 heteroatoms. The van der Waals surface area contributed by atoms with Gasteiger partial charge in [-0.05, 0) is 12.8 Å². The van der Waals surface area contributed by atoms with Gasteiger partial charge in [0, 0.05) is 6.42 Å². The summed E-state index contributed by atoms with van der Waals surface area (Å²) in [6, 6.07) is 0. The van der Waals surface area contributed by atoms with Crippen LogP contribution in [0.2, 0.25) is 0 Å². The van der Waals surface area contributed by atoms with Crippen molar-refractivity contribution in [1.82, 2.24) is 0 Å². The Labute approximate surface area is 343 Å². The quantitative estimate of drug-likeness (QED) is 0.0456. The summed E-state index contributed by atoms with van der Waals surface area (Å²) in [5, 5.41) is 0. The molecule has 0 bridgehead atoms. The van der Waals surface area contributed by atoms with Crippen LogP contribution in [0.25, 0.3) is 0 Å². The van der Waals surface area contributed by atoms with Gasteiger partial charge in [-0.2, -0.15) is 0 Å². The molecule has 0 aliphatic carbocycles. The molecule has 0 unspecified atom stereocenters. The molecule has 54 heavy (non-hydrogen) atoms. The smallest absolute Gasteiger partial charge is 0.305 e. The van der Waals surface area contributed by atoms with E-state index in [4.69, 9.17) is 4.74 Å². The number of esters is 1. The first-order valence-electron chi connectivity index (χ1n) is 26.0. The van der Waals surface area contributed by atoms with Crippen molar-refractivity contribution in [3.05, 3.63) is 0 Å². The van der Waals surface area contributed by atoms with Crippen molar-refractivity contribution in [1.29, 1.82) is 0 Å². The Bertz CT molecular complexity index is 659. The maximum atomic E-state index is 12.1. The van der Waals surface area contributed by atoms with E-state index in [9.17, 15) is 4.79 Å². The summed E-state index contributed by atoms with van der Waals surface area (Å²) in [6.45, 7) is 5.24. The first kappa shape index (κ1) is 53.5. The van der Waals surface area contributed by atoms with E-state index in [0.717, 1.165) is 12.8 Å². The molecule has 0 N–H and O–H groups in total. The van der Waals surface area contributed by atoms with Gasteiger partial charge in [-0.25, -0.2) is 0 Å². The Morgan fingerprint density at radius 3 is 0.611 bits per heavy atom. The molecule has 0 aromatic carbocycles. The fraction of sp³-hybridized carbons (Fsp3) is 0.981. The minimum atomic E-state index is 0.0347. The summed E-state index contributed by atoms with van der Waals surface area (Å²) >= 11 is 0. The van der Waals surface area contributed by atoms with Crippen molar-refractivity contribution >= 4 is 5.97 Å². The highest BCUT2D eigenvalue weighted by atomic mass is 16.5. The first-order chi connectivity index (χ1) is 26.8. The van der Waals surface area contributed by atoms with Crippen molar-refractivity contribution in [2.45, 2.75) is 322 Å². The van der Waals surface area contributed by atoms with Crippen LogP contribution in [-0.4, -0.2) is 12.6 Å². The lowest BCUT2D eigenvalue weighted by Crippen LogP contribution is -2.05. The zero-order valence-corrected chi connectivity index (χ0v) is 38.0. The molecular formula is C52H104O2. The van der Waals surface area contributed by atoms with Crippen molar-refractivity contribution in [3.63, 3.8) is 0 Å².